The van der Waals surface area contributed by atoms with Crippen LogP contribution in [0.5, 0.6) is 0 Å². The maximum absolute atomic E-state index is 11.2. The number of hydrogen-bond acceptors (Lipinski definition) is 2. The van der Waals surface area contributed by atoms with Crippen molar-refractivity contribution in [1.82, 2.24) is 0 Å². The lowest BCUT2D eigenvalue weighted by molar-refractivity contribution is -0.139. The molecule has 19 heavy (non-hydrogen) atoms. The molecular weight excluding hydrogens is 236 g/mol. The van der Waals surface area contributed by atoms with Crippen LogP contribution in [0.3, 0.4) is 0 Å². The molecule has 2 rings (SSSR count). The zero-order chi connectivity index (χ0) is 13.5. The Morgan fingerprint density at radius 1 is 1.00 bits per heavy atom. The van der Waals surface area contributed by atoms with E-state index in [2.05, 4.69) is 12.1 Å². The molecule has 2 nitrogen and oxygen atoms in total. The van der Waals surface area contributed by atoms with Crippen LogP contribution in [0.15, 0.2) is 66.7 Å². The molecule has 0 unspecified atom stereocenters. The number of hydrogen-bond donors (Lipinski definition) is 0. The van der Waals surface area contributed by atoms with Gasteiger partial charge in [0.25, 0.3) is 0 Å². The van der Waals surface area contributed by atoms with E-state index in [9.17, 15) is 4.79 Å². The average Bonchev–Trinajstić information content (AvgIpc) is 2.47. The molecule has 0 aliphatic heterocycles. The summed E-state index contributed by atoms with van der Waals surface area (Å²) in [7, 11) is 0. The Kier molecular flexibility index (Phi) is 4.51. The molecule has 2 aromatic carbocycles. The number of allylic oxidation sites excluding steroid dienone is 1. The molecule has 0 aliphatic carbocycles. The van der Waals surface area contributed by atoms with Crippen molar-refractivity contribution >= 4 is 5.97 Å². The van der Waals surface area contributed by atoms with Gasteiger partial charge >= 0.3 is 5.97 Å². The first-order valence-electron chi connectivity index (χ1n) is 6.23. The molecule has 0 saturated carbocycles. The van der Waals surface area contributed by atoms with Gasteiger partial charge in [-0.15, -0.1) is 0 Å². The molecule has 2 aromatic rings. The fourth-order valence-corrected chi connectivity index (χ4v) is 1.76. The largest absolute Gasteiger partial charge is 0.458 e. The smallest absolute Gasteiger partial charge is 0.330 e. The highest BCUT2D eigenvalue weighted by Crippen LogP contribution is 2.19. The van der Waals surface area contributed by atoms with Crippen LogP contribution in [-0.2, 0) is 16.1 Å². The third-order valence-electron chi connectivity index (χ3n) is 2.74. The molecule has 0 saturated heterocycles. The molecule has 0 aromatic heterocycles. The van der Waals surface area contributed by atoms with Crippen LogP contribution in [-0.4, -0.2) is 5.97 Å². The van der Waals surface area contributed by atoms with E-state index < -0.39 is 0 Å². The van der Waals surface area contributed by atoms with E-state index in [-0.39, 0.29) is 5.97 Å². The lowest BCUT2D eigenvalue weighted by Crippen LogP contribution is -2.00. The van der Waals surface area contributed by atoms with Gasteiger partial charge in [-0.2, -0.15) is 0 Å². The van der Waals surface area contributed by atoms with Crippen LogP contribution in [0.2, 0.25) is 0 Å². The number of esters is 1. The van der Waals surface area contributed by atoms with Crippen LogP contribution < -0.4 is 0 Å². The van der Waals surface area contributed by atoms with Crippen molar-refractivity contribution in [3.05, 3.63) is 72.3 Å². The van der Waals surface area contributed by atoms with Crippen molar-refractivity contribution < 1.29 is 9.53 Å². The van der Waals surface area contributed by atoms with E-state index in [4.69, 9.17) is 4.74 Å². The summed E-state index contributed by atoms with van der Waals surface area (Å²) in [4.78, 5) is 11.2. The molecule has 0 atom stereocenters. The second-order valence-electron chi connectivity index (χ2n) is 4.17. The van der Waals surface area contributed by atoms with Gasteiger partial charge in [0.05, 0.1) is 0 Å². The quantitative estimate of drug-likeness (QED) is 0.608. The summed E-state index contributed by atoms with van der Waals surface area (Å²) in [6.07, 6.45) is 3.08. The SMILES string of the molecule is CC=CC(=O)OCc1ccc(-c2ccccc2)cc1. The molecule has 0 radical (unpaired) electrons. The number of carbonyl (C=O) groups excluding carboxylic acids is 1. The van der Waals surface area contributed by atoms with Gasteiger partial charge in [-0.25, -0.2) is 4.79 Å². The Balaban J connectivity index is 2.01. The van der Waals surface area contributed by atoms with E-state index >= 15 is 0 Å². The monoisotopic (exact) mass is 252 g/mol. The van der Waals surface area contributed by atoms with Gasteiger partial charge < -0.3 is 4.74 Å². The van der Waals surface area contributed by atoms with Crippen molar-refractivity contribution in [2.24, 2.45) is 0 Å². The number of carbonyl (C=O) groups is 1. The van der Waals surface area contributed by atoms with Gasteiger partial charge in [0.1, 0.15) is 6.61 Å². The highest BCUT2D eigenvalue weighted by atomic mass is 16.5. The minimum absolute atomic E-state index is 0.304. The predicted molar refractivity (Wildman–Crippen MR) is 76.5 cm³/mol. The van der Waals surface area contributed by atoms with Crippen LogP contribution >= 0.6 is 0 Å². The topological polar surface area (TPSA) is 26.3 Å². The highest BCUT2D eigenvalue weighted by molar-refractivity contribution is 5.81. The van der Waals surface area contributed by atoms with E-state index in [0.29, 0.717) is 6.61 Å². The van der Waals surface area contributed by atoms with Crippen LogP contribution in [0.4, 0.5) is 0 Å². The molecule has 0 spiro atoms. The van der Waals surface area contributed by atoms with Gasteiger partial charge in [0.2, 0.25) is 0 Å². The summed E-state index contributed by atoms with van der Waals surface area (Å²) in [6, 6.07) is 18.2. The van der Waals surface area contributed by atoms with E-state index in [1.54, 1.807) is 13.0 Å². The molecule has 0 amide bonds. The fourth-order valence-electron chi connectivity index (χ4n) is 1.76. The molecular formula is C17H16O2. The van der Waals surface area contributed by atoms with E-state index in [1.807, 2.05) is 42.5 Å². The first kappa shape index (κ1) is 13.1. The van der Waals surface area contributed by atoms with Crippen molar-refractivity contribution in [2.45, 2.75) is 13.5 Å². The van der Waals surface area contributed by atoms with Gasteiger partial charge in [-0.1, -0.05) is 60.7 Å². The number of ether oxygens (including phenoxy) is 1. The lowest BCUT2D eigenvalue weighted by atomic mass is 10.0. The molecule has 0 N–H and O–H groups in total. The Bertz CT molecular complexity index is 554. The highest BCUT2D eigenvalue weighted by Gasteiger charge is 2.00. The Morgan fingerprint density at radius 2 is 1.63 bits per heavy atom. The zero-order valence-electron chi connectivity index (χ0n) is 10.9. The van der Waals surface area contributed by atoms with Crippen molar-refractivity contribution in [3.63, 3.8) is 0 Å². The average molecular weight is 252 g/mol. The van der Waals surface area contributed by atoms with Gasteiger partial charge in [-0.3, -0.25) is 0 Å². The molecule has 0 aliphatic rings. The normalized spacial score (nSPS) is 10.6. The minimum atomic E-state index is -0.311. The van der Waals surface area contributed by atoms with Gasteiger partial charge in [-0.05, 0) is 23.6 Å². The first-order valence-corrected chi connectivity index (χ1v) is 6.23. The van der Waals surface area contributed by atoms with Gasteiger partial charge in [0.15, 0.2) is 0 Å². The predicted octanol–water partition coefficient (Wildman–Crippen LogP) is 3.97. The zero-order valence-corrected chi connectivity index (χ0v) is 10.9. The van der Waals surface area contributed by atoms with Crippen molar-refractivity contribution in [1.29, 1.82) is 0 Å². The second-order valence-corrected chi connectivity index (χ2v) is 4.17. The standard InChI is InChI=1S/C17H16O2/c1-2-6-17(18)19-13-14-9-11-16(12-10-14)15-7-4-3-5-8-15/h2-12H,13H2,1H3. The van der Waals surface area contributed by atoms with E-state index in [0.717, 1.165) is 11.1 Å². The summed E-state index contributed by atoms with van der Waals surface area (Å²) < 4.78 is 5.09. The lowest BCUT2D eigenvalue weighted by Gasteiger charge is -2.05. The fraction of sp³-hybridized carbons (Fsp3) is 0.118. The van der Waals surface area contributed by atoms with Gasteiger partial charge in [0, 0.05) is 6.08 Å². The summed E-state index contributed by atoms with van der Waals surface area (Å²) in [5.41, 5.74) is 3.32. The van der Waals surface area contributed by atoms with Crippen molar-refractivity contribution in [2.75, 3.05) is 0 Å². The Labute approximate surface area is 113 Å². The minimum Gasteiger partial charge on any atom is -0.458 e. The molecule has 0 fully saturated rings. The van der Waals surface area contributed by atoms with Crippen LogP contribution in [0.25, 0.3) is 11.1 Å². The molecule has 0 heterocycles. The third kappa shape index (κ3) is 3.81. The molecule has 2 heteroatoms. The van der Waals surface area contributed by atoms with Crippen LogP contribution in [0.1, 0.15) is 12.5 Å². The Hall–Kier alpha value is -2.35. The van der Waals surface area contributed by atoms with Crippen LogP contribution in [0, 0.1) is 0 Å². The summed E-state index contributed by atoms with van der Waals surface area (Å²) in [6.45, 7) is 2.09. The summed E-state index contributed by atoms with van der Waals surface area (Å²) >= 11 is 0. The second kappa shape index (κ2) is 6.55. The third-order valence-corrected chi connectivity index (χ3v) is 2.74. The molecule has 96 valence electrons. The maximum atomic E-state index is 11.2. The number of rotatable bonds is 4. The van der Waals surface area contributed by atoms with E-state index in [1.165, 1.54) is 11.6 Å². The van der Waals surface area contributed by atoms with Crippen molar-refractivity contribution in [3.8, 4) is 11.1 Å². The molecule has 0 bridgehead atoms. The summed E-state index contributed by atoms with van der Waals surface area (Å²) in [5.74, 6) is -0.311. The summed E-state index contributed by atoms with van der Waals surface area (Å²) in [5, 5.41) is 0. The maximum Gasteiger partial charge on any atom is 0.330 e. The number of benzene rings is 2. The Morgan fingerprint density at radius 3 is 2.26 bits per heavy atom. The first-order chi connectivity index (χ1) is 9.29.